The van der Waals surface area contributed by atoms with Crippen molar-refractivity contribution in [2.45, 2.75) is 77.0 Å². The second-order valence-electron chi connectivity index (χ2n) is 6.97. The first-order valence-corrected chi connectivity index (χ1v) is 7.67. The van der Waals surface area contributed by atoms with Gasteiger partial charge in [0.05, 0.1) is 0 Å². The Kier molecular flexibility index (Phi) is 4.71. The number of alkyl carbamates (subject to hydrolysis) is 1. The molecular formula is C15H28N2O2. The van der Waals surface area contributed by atoms with Crippen molar-refractivity contribution in [2.24, 2.45) is 5.92 Å². The molecule has 0 aromatic rings. The van der Waals surface area contributed by atoms with Crippen LogP contribution in [0, 0.1) is 5.92 Å². The Balaban J connectivity index is 1.79. The van der Waals surface area contributed by atoms with E-state index in [0.717, 1.165) is 25.3 Å². The molecule has 2 atom stereocenters. The van der Waals surface area contributed by atoms with Gasteiger partial charge in [0.15, 0.2) is 0 Å². The molecular weight excluding hydrogens is 240 g/mol. The van der Waals surface area contributed by atoms with Gasteiger partial charge >= 0.3 is 6.09 Å². The minimum absolute atomic E-state index is 0.265. The molecule has 1 amide bonds. The van der Waals surface area contributed by atoms with Crippen molar-refractivity contribution in [1.82, 2.24) is 10.6 Å². The van der Waals surface area contributed by atoms with Gasteiger partial charge in [-0.05, 0) is 58.9 Å². The predicted octanol–water partition coefficient (Wildman–Crippen LogP) is 2.82. The average Bonchev–Trinajstić information content (AvgIpc) is 2.79. The first kappa shape index (κ1) is 14.6. The van der Waals surface area contributed by atoms with E-state index in [2.05, 4.69) is 10.6 Å². The van der Waals surface area contributed by atoms with Crippen molar-refractivity contribution in [3.63, 3.8) is 0 Å². The smallest absolute Gasteiger partial charge is 0.407 e. The van der Waals surface area contributed by atoms with Gasteiger partial charge in [-0.15, -0.1) is 0 Å². The van der Waals surface area contributed by atoms with Crippen molar-refractivity contribution in [3.05, 3.63) is 0 Å². The molecule has 1 aliphatic heterocycles. The van der Waals surface area contributed by atoms with Crippen LogP contribution in [-0.2, 0) is 4.74 Å². The number of nitrogens with one attached hydrogen (secondary N) is 2. The van der Waals surface area contributed by atoms with E-state index < -0.39 is 5.60 Å². The molecule has 2 rings (SSSR count). The van der Waals surface area contributed by atoms with Gasteiger partial charge in [-0.1, -0.05) is 12.8 Å². The molecule has 2 N–H and O–H groups in total. The standard InChI is InChI=1S/C15H28N2O2/c1-15(2,3)19-14(18)17-12-8-9-16-13(10-12)11-6-4-5-7-11/h11-13,16H,4-10H2,1-3H3,(H,17,18). The maximum Gasteiger partial charge on any atom is 0.407 e. The molecule has 19 heavy (non-hydrogen) atoms. The number of amides is 1. The summed E-state index contributed by atoms with van der Waals surface area (Å²) in [6.07, 6.45) is 7.20. The van der Waals surface area contributed by atoms with Crippen molar-refractivity contribution in [2.75, 3.05) is 6.54 Å². The molecule has 110 valence electrons. The van der Waals surface area contributed by atoms with Crippen LogP contribution < -0.4 is 10.6 Å². The van der Waals surface area contributed by atoms with Crippen LogP contribution >= 0.6 is 0 Å². The Morgan fingerprint density at radius 3 is 2.53 bits per heavy atom. The van der Waals surface area contributed by atoms with Gasteiger partial charge in [0.2, 0.25) is 0 Å². The van der Waals surface area contributed by atoms with Crippen molar-refractivity contribution in [1.29, 1.82) is 0 Å². The molecule has 0 aromatic carbocycles. The van der Waals surface area contributed by atoms with Gasteiger partial charge in [-0.3, -0.25) is 0 Å². The molecule has 1 aliphatic carbocycles. The summed E-state index contributed by atoms with van der Waals surface area (Å²) < 4.78 is 5.33. The highest BCUT2D eigenvalue weighted by atomic mass is 16.6. The van der Waals surface area contributed by atoms with Crippen LogP contribution in [0.15, 0.2) is 0 Å². The average molecular weight is 268 g/mol. The maximum atomic E-state index is 11.8. The molecule has 4 heteroatoms. The number of carbonyl (C=O) groups is 1. The minimum atomic E-state index is -0.415. The first-order chi connectivity index (χ1) is 8.94. The second-order valence-corrected chi connectivity index (χ2v) is 6.97. The van der Waals surface area contributed by atoms with Crippen molar-refractivity contribution < 1.29 is 9.53 Å². The van der Waals surface area contributed by atoms with Crippen LogP contribution in [0.3, 0.4) is 0 Å². The third-order valence-corrected chi connectivity index (χ3v) is 4.13. The summed E-state index contributed by atoms with van der Waals surface area (Å²) >= 11 is 0. The molecule has 2 unspecified atom stereocenters. The van der Waals surface area contributed by atoms with E-state index in [1.54, 1.807) is 0 Å². The summed E-state index contributed by atoms with van der Waals surface area (Å²) in [6, 6.07) is 0.845. The van der Waals surface area contributed by atoms with Crippen LogP contribution in [0.25, 0.3) is 0 Å². The molecule has 2 aliphatic rings. The van der Waals surface area contributed by atoms with E-state index in [1.807, 2.05) is 20.8 Å². The molecule has 1 saturated heterocycles. The fourth-order valence-electron chi connectivity index (χ4n) is 3.27. The second kappa shape index (κ2) is 6.12. The summed E-state index contributed by atoms with van der Waals surface area (Å²) in [4.78, 5) is 11.8. The van der Waals surface area contributed by atoms with Crippen LogP contribution in [0.5, 0.6) is 0 Å². The highest BCUT2D eigenvalue weighted by Gasteiger charge is 2.31. The zero-order chi connectivity index (χ0) is 13.9. The van der Waals surface area contributed by atoms with E-state index in [9.17, 15) is 4.79 Å². The molecule has 1 heterocycles. The summed E-state index contributed by atoms with van der Waals surface area (Å²) in [6.45, 7) is 6.70. The van der Waals surface area contributed by atoms with Gasteiger partial charge < -0.3 is 15.4 Å². The Hall–Kier alpha value is -0.770. The molecule has 0 radical (unpaired) electrons. The zero-order valence-electron chi connectivity index (χ0n) is 12.5. The van der Waals surface area contributed by atoms with E-state index in [-0.39, 0.29) is 12.1 Å². The first-order valence-electron chi connectivity index (χ1n) is 7.67. The highest BCUT2D eigenvalue weighted by Crippen LogP contribution is 2.31. The largest absolute Gasteiger partial charge is 0.444 e. The molecule has 4 nitrogen and oxygen atoms in total. The summed E-state index contributed by atoms with van der Waals surface area (Å²) in [5.74, 6) is 0.809. The predicted molar refractivity (Wildman–Crippen MR) is 76.1 cm³/mol. The molecule has 1 saturated carbocycles. The summed E-state index contributed by atoms with van der Waals surface area (Å²) in [5.41, 5.74) is -0.415. The van der Waals surface area contributed by atoms with Crippen LogP contribution in [-0.4, -0.2) is 30.3 Å². The number of piperidine rings is 1. The number of hydrogen-bond donors (Lipinski definition) is 2. The molecule has 0 bridgehead atoms. The fraction of sp³-hybridized carbons (Fsp3) is 0.933. The SMILES string of the molecule is CC(C)(C)OC(=O)NC1CCNC(C2CCCC2)C1. The number of rotatable bonds is 2. The van der Waals surface area contributed by atoms with Gasteiger partial charge in [0, 0.05) is 12.1 Å². The topological polar surface area (TPSA) is 50.4 Å². The Morgan fingerprint density at radius 1 is 1.21 bits per heavy atom. The van der Waals surface area contributed by atoms with E-state index in [0.29, 0.717) is 6.04 Å². The third-order valence-electron chi connectivity index (χ3n) is 4.13. The van der Waals surface area contributed by atoms with Gasteiger partial charge in [0.25, 0.3) is 0 Å². The third kappa shape index (κ3) is 4.68. The lowest BCUT2D eigenvalue weighted by Gasteiger charge is -2.34. The number of hydrogen-bond acceptors (Lipinski definition) is 3. The molecule has 2 fully saturated rings. The monoisotopic (exact) mass is 268 g/mol. The maximum absolute atomic E-state index is 11.8. The molecule has 0 aromatic heterocycles. The lowest BCUT2D eigenvalue weighted by atomic mass is 9.88. The van der Waals surface area contributed by atoms with Crippen LogP contribution in [0.2, 0.25) is 0 Å². The van der Waals surface area contributed by atoms with Crippen molar-refractivity contribution in [3.8, 4) is 0 Å². The number of ether oxygens (including phenoxy) is 1. The van der Waals surface area contributed by atoms with Gasteiger partial charge in [-0.25, -0.2) is 4.79 Å². The molecule has 0 spiro atoms. The van der Waals surface area contributed by atoms with Crippen LogP contribution in [0.1, 0.15) is 59.3 Å². The minimum Gasteiger partial charge on any atom is -0.444 e. The fourth-order valence-corrected chi connectivity index (χ4v) is 3.27. The van der Waals surface area contributed by atoms with Gasteiger partial charge in [-0.2, -0.15) is 0 Å². The van der Waals surface area contributed by atoms with E-state index in [1.165, 1.54) is 25.7 Å². The Labute approximate surface area is 116 Å². The Bertz CT molecular complexity index is 306. The van der Waals surface area contributed by atoms with E-state index in [4.69, 9.17) is 4.74 Å². The normalized spacial score (nSPS) is 29.2. The summed E-state index contributed by atoms with van der Waals surface area (Å²) in [5, 5.41) is 6.65. The number of carbonyl (C=O) groups excluding carboxylic acids is 1. The van der Waals surface area contributed by atoms with Crippen molar-refractivity contribution >= 4 is 6.09 Å². The summed E-state index contributed by atoms with van der Waals surface area (Å²) in [7, 11) is 0. The quantitative estimate of drug-likeness (QED) is 0.809. The highest BCUT2D eigenvalue weighted by molar-refractivity contribution is 5.68. The van der Waals surface area contributed by atoms with Crippen LogP contribution in [0.4, 0.5) is 4.79 Å². The van der Waals surface area contributed by atoms with Gasteiger partial charge in [0.1, 0.15) is 5.60 Å². The lowest BCUT2D eigenvalue weighted by Crippen LogP contribution is -2.50. The zero-order valence-corrected chi connectivity index (χ0v) is 12.5. The Morgan fingerprint density at radius 2 is 1.89 bits per heavy atom. The lowest BCUT2D eigenvalue weighted by molar-refractivity contribution is 0.0485. The van der Waals surface area contributed by atoms with E-state index >= 15 is 0 Å².